The molecule has 29 heavy (non-hydrogen) atoms. The molecule has 3 fully saturated rings. The van der Waals surface area contributed by atoms with Crippen molar-refractivity contribution in [2.24, 2.45) is 34.5 Å². The Morgan fingerprint density at radius 1 is 1.03 bits per heavy atom. The maximum absolute atomic E-state index is 12.5. The number of hydrogen-bond donors (Lipinski definition) is 1. The molecule has 0 aliphatic heterocycles. The van der Waals surface area contributed by atoms with Crippen LogP contribution in [0.15, 0.2) is 0 Å². The molecule has 0 saturated heterocycles. The van der Waals surface area contributed by atoms with Crippen molar-refractivity contribution in [3.05, 3.63) is 0 Å². The highest BCUT2D eigenvalue weighted by molar-refractivity contribution is 5.77. The Kier molecular flexibility index (Phi) is 6.30. The average molecular weight is 409 g/mol. The lowest BCUT2D eigenvalue weighted by molar-refractivity contribution is -0.174. The topological polar surface area (TPSA) is 89.9 Å². The van der Waals surface area contributed by atoms with Crippen LogP contribution in [0.1, 0.15) is 78.6 Å². The number of fused-ring (bicyclic) bond motifs is 3. The fourth-order valence-electron chi connectivity index (χ4n) is 6.78. The third-order valence-corrected chi connectivity index (χ3v) is 8.81. The molecule has 1 N–H and O–H groups in total. The normalized spacial score (nSPS) is 41.6. The standard InChI is InChI=1S/C23H36O6/c1-14-17-6-5-15-13-16(29-20(26)8-7-19(24)25)9-11-23(15,3)18(17)10-12-22(14,2)21(27)28-4/h14-18H,5-13H2,1-4H3,(H,24,25)/t14-,15+,16+,17-,18-,22-,23-/m0/s1. The number of esters is 2. The quantitative estimate of drug-likeness (QED) is 0.686. The van der Waals surface area contributed by atoms with Gasteiger partial charge in [-0.15, -0.1) is 0 Å². The maximum atomic E-state index is 12.5. The Hall–Kier alpha value is -1.59. The van der Waals surface area contributed by atoms with Crippen LogP contribution in [0.3, 0.4) is 0 Å². The van der Waals surface area contributed by atoms with Crippen molar-refractivity contribution in [3.63, 3.8) is 0 Å². The zero-order valence-corrected chi connectivity index (χ0v) is 18.2. The highest BCUT2D eigenvalue weighted by Crippen LogP contribution is 2.63. The summed E-state index contributed by atoms with van der Waals surface area (Å²) in [5.41, 5.74) is -0.172. The predicted octanol–water partition coefficient (Wildman–Crippen LogP) is 4.20. The van der Waals surface area contributed by atoms with E-state index in [1.54, 1.807) is 0 Å². The highest BCUT2D eigenvalue weighted by atomic mass is 16.5. The van der Waals surface area contributed by atoms with Gasteiger partial charge in [0, 0.05) is 0 Å². The summed E-state index contributed by atoms with van der Waals surface area (Å²) in [6.45, 7) is 6.71. The number of carboxylic acid groups (broad SMARTS) is 1. The first-order valence-electron chi connectivity index (χ1n) is 11.1. The van der Waals surface area contributed by atoms with Crippen molar-refractivity contribution < 1.29 is 29.0 Å². The molecule has 0 aromatic carbocycles. The number of methoxy groups -OCH3 is 1. The van der Waals surface area contributed by atoms with Gasteiger partial charge in [0.05, 0.1) is 25.4 Å². The third kappa shape index (κ3) is 4.04. The minimum atomic E-state index is -0.970. The molecule has 0 bridgehead atoms. The number of hydrogen-bond acceptors (Lipinski definition) is 5. The summed E-state index contributed by atoms with van der Waals surface area (Å²) in [6.07, 6.45) is 6.56. The van der Waals surface area contributed by atoms with Crippen molar-refractivity contribution >= 4 is 17.9 Å². The molecule has 3 aliphatic rings. The van der Waals surface area contributed by atoms with Gasteiger partial charge < -0.3 is 14.6 Å². The molecule has 0 radical (unpaired) electrons. The molecular formula is C23H36O6. The van der Waals surface area contributed by atoms with Crippen LogP contribution in [0, 0.1) is 34.5 Å². The Morgan fingerprint density at radius 2 is 1.76 bits per heavy atom. The van der Waals surface area contributed by atoms with E-state index in [1.807, 2.05) is 0 Å². The van der Waals surface area contributed by atoms with Crippen molar-refractivity contribution in [1.29, 1.82) is 0 Å². The molecule has 0 heterocycles. The monoisotopic (exact) mass is 408 g/mol. The maximum Gasteiger partial charge on any atom is 0.311 e. The summed E-state index contributed by atoms with van der Waals surface area (Å²) in [4.78, 5) is 35.1. The number of aliphatic carboxylic acids is 1. The minimum absolute atomic E-state index is 0.0535. The van der Waals surface area contributed by atoms with Crippen LogP contribution in [-0.2, 0) is 23.9 Å². The third-order valence-electron chi connectivity index (χ3n) is 8.81. The summed E-state index contributed by atoms with van der Waals surface area (Å²) in [5, 5.41) is 8.74. The van der Waals surface area contributed by atoms with Gasteiger partial charge >= 0.3 is 17.9 Å². The Labute approximate surface area is 173 Å². The van der Waals surface area contributed by atoms with E-state index in [0.717, 1.165) is 44.9 Å². The number of carbonyl (C=O) groups excluding carboxylic acids is 2. The van der Waals surface area contributed by atoms with Gasteiger partial charge in [-0.3, -0.25) is 14.4 Å². The van der Waals surface area contributed by atoms with Crippen LogP contribution in [0.4, 0.5) is 0 Å². The molecule has 3 saturated carbocycles. The van der Waals surface area contributed by atoms with Crippen molar-refractivity contribution in [3.8, 4) is 0 Å². The molecule has 0 aromatic rings. The van der Waals surface area contributed by atoms with Gasteiger partial charge in [0.15, 0.2) is 0 Å². The molecule has 7 atom stereocenters. The lowest BCUT2D eigenvalue weighted by Gasteiger charge is -2.60. The van der Waals surface area contributed by atoms with E-state index in [0.29, 0.717) is 23.7 Å². The van der Waals surface area contributed by atoms with Gasteiger partial charge in [-0.25, -0.2) is 0 Å². The average Bonchev–Trinajstić information content (AvgIpc) is 2.68. The molecule has 0 amide bonds. The second-order valence-corrected chi connectivity index (χ2v) is 10.1. The van der Waals surface area contributed by atoms with E-state index < -0.39 is 17.4 Å². The van der Waals surface area contributed by atoms with Gasteiger partial charge in [-0.2, -0.15) is 0 Å². The Morgan fingerprint density at radius 3 is 2.41 bits per heavy atom. The molecule has 3 rings (SSSR count). The van der Waals surface area contributed by atoms with Crippen LogP contribution in [0.5, 0.6) is 0 Å². The highest BCUT2D eigenvalue weighted by Gasteiger charge is 2.58. The van der Waals surface area contributed by atoms with Crippen LogP contribution >= 0.6 is 0 Å². The number of carbonyl (C=O) groups is 3. The Bertz CT molecular complexity index is 660. The van der Waals surface area contributed by atoms with Crippen LogP contribution < -0.4 is 0 Å². The number of ether oxygens (including phenoxy) is 2. The zero-order valence-electron chi connectivity index (χ0n) is 18.2. The molecule has 164 valence electrons. The van der Waals surface area contributed by atoms with E-state index in [1.165, 1.54) is 7.11 Å². The summed E-state index contributed by atoms with van der Waals surface area (Å²) >= 11 is 0. The van der Waals surface area contributed by atoms with Crippen LogP contribution in [-0.4, -0.2) is 36.2 Å². The van der Waals surface area contributed by atoms with Gasteiger partial charge in [-0.1, -0.05) is 13.8 Å². The van der Waals surface area contributed by atoms with Gasteiger partial charge in [0.25, 0.3) is 0 Å². The summed E-state index contributed by atoms with van der Waals surface area (Å²) in [7, 11) is 1.49. The van der Waals surface area contributed by atoms with Crippen molar-refractivity contribution in [1.82, 2.24) is 0 Å². The first-order valence-corrected chi connectivity index (χ1v) is 11.1. The molecule has 6 heteroatoms. The first-order chi connectivity index (χ1) is 13.6. The van der Waals surface area contributed by atoms with Crippen LogP contribution in [0.25, 0.3) is 0 Å². The minimum Gasteiger partial charge on any atom is -0.481 e. The smallest absolute Gasteiger partial charge is 0.311 e. The van der Waals surface area contributed by atoms with Crippen molar-refractivity contribution in [2.45, 2.75) is 84.7 Å². The van der Waals surface area contributed by atoms with Crippen LogP contribution in [0.2, 0.25) is 0 Å². The molecule has 0 aromatic heterocycles. The lowest BCUT2D eigenvalue weighted by Crippen LogP contribution is -2.55. The summed E-state index contributed by atoms with van der Waals surface area (Å²) < 4.78 is 10.7. The second kappa shape index (κ2) is 8.27. The van der Waals surface area contributed by atoms with E-state index in [4.69, 9.17) is 14.6 Å². The molecule has 0 unspecified atom stereocenters. The predicted molar refractivity (Wildman–Crippen MR) is 107 cm³/mol. The molecule has 0 spiro atoms. The molecule has 3 aliphatic carbocycles. The van der Waals surface area contributed by atoms with Crippen molar-refractivity contribution in [2.75, 3.05) is 7.11 Å². The largest absolute Gasteiger partial charge is 0.481 e. The van der Waals surface area contributed by atoms with Gasteiger partial charge in [-0.05, 0) is 81.0 Å². The SMILES string of the molecule is COC(=O)[C@@]1(C)CC[C@H]2[C@@H](CC[C@@H]3C[C@H](OC(=O)CCC(=O)O)CC[C@@]32C)[C@@H]1C. The molecule has 6 nitrogen and oxygen atoms in total. The summed E-state index contributed by atoms with van der Waals surface area (Å²) in [6, 6.07) is 0. The van der Waals surface area contributed by atoms with E-state index >= 15 is 0 Å². The van der Waals surface area contributed by atoms with E-state index in [-0.39, 0.29) is 30.3 Å². The Balaban J connectivity index is 1.65. The number of carboxylic acids is 1. The van der Waals surface area contributed by atoms with Gasteiger partial charge in [0.2, 0.25) is 0 Å². The van der Waals surface area contributed by atoms with E-state index in [2.05, 4.69) is 20.8 Å². The summed E-state index contributed by atoms with van der Waals surface area (Å²) in [5.74, 6) is 0.508. The van der Waals surface area contributed by atoms with E-state index in [9.17, 15) is 14.4 Å². The van der Waals surface area contributed by atoms with Gasteiger partial charge in [0.1, 0.15) is 6.10 Å². The lowest BCUT2D eigenvalue weighted by atomic mass is 9.45. The fourth-order valence-corrected chi connectivity index (χ4v) is 6.78. The number of rotatable bonds is 5. The second-order valence-electron chi connectivity index (χ2n) is 10.1. The zero-order chi connectivity index (χ0) is 21.4. The molecular weight excluding hydrogens is 372 g/mol. The first kappa shape index (κ1) is 22.1. The fraction of sp³-hybridized carbons (Fsp3) is 0.870.